The van der Waals surface area contributed by atoms with Gasteiger partial charge in [0.05, 0.1) is 27.4 Å². The monoisotopic (exact) mass is 271 g/mol. The third-order valence-corrected chi connectivity index (χ3v) is 2.89. The van der Waals surface area contributed by atoms with Gasteiger partial charge in [0.25, 0.3) is 0 Å². The highest BCUT2D eigenvalue weighted by molar-refractivity contribution is 5.96. The normalized spacial score (nSPS) is 18.1. The van der Waals surface area contributed by atoms with E-state index in [4.69, 9.17) is 0 Å². The van der Waals surface area contributed by atoms with Crippen molar-refractivity contribution in [3.63, 3.8) is 0 Å². The quantitative estimate of drug-likeness (QED) is 0.319. The van der Waals surface area contributed by atoms with Crippen molar-refractivity contribution in [2.24, 2.45) is 5.92 Å². The van der Waals surface area contributed by atoms with Crippen molar-refractivity contribution in [2.45, 2.75) is 12.5 Å². The second-order valence-corrected chi connectivity index (χ2v) is 3.89. The van der Waals surface area contributed by atoms with Crippen LogP contribution in [0.15, 0.2) is 12.2 Å². The number of ether oxygens (including phenoxy) is 3. The maximum atomic E-state index is 11.7. The van der Waals surface area contributed by atoms with Crippen LogP contribution in [0.2, 0.25) is 0 Å². The van der Waals surface area contributed by atoms with E-state index < -0.39 is 30.0 Å². The van der Waals surface area contributed by atoms with Crippen LogP contribution in [-0.4, -0.2) is 56.8 Å². The number of amides is 1. The second-order valence-electron chi connectivity index (χ2n) is 3.89. The summed E-state index contributed by atoms with van der Waals surface area (Å²) in [4.78, 5) is 36.4. The van der Waals surface area contributed by atoms with Crippen LogP contribution < -0.4 is 0 Å². The molecule has 1 aliphatic heterocycles. The summed E-state index contributed by atoms with van der Waals surface area (Å²) in [5, 5.41) is 0. The molecule has 0 saturated carbocycles. The minimum absolute atomic E-state index is 0.359. The summed E-state index contributed by atoms with van der Waals surface area (Å²) in [6.07, 6.45) is 3.43. The largest absolute Gasteiger partial charge is 0.468 e. The van der Waals surface area contributed by atoms with Crippen molar-refractivity contribution < 1.29 is 28.6 Å². The first-order chi connectivity index (χ1) is 9.06. The average Bonchev–Trinajstić information content (AvgIpc) is 2.46. The molecule has 1 amide bonds. The Morgan fingerprint density at radius 3 is 2.16 bits per heavy atom. The molecular formula is C12H17NO6. The van der Waals surface area contributed by atoms with E-state index >= 15 is 0 Å². The zero-order valence-electron chi connectivity index (χ0n) is 11.1. The molecule has 0 spiro atoms. The highest BCUT2D eigenvalue weighted by Gasteiger charge is 2.41. The van der Waals surface area contributed by atoms with E-state index in [0.717, 1.165) is 0 Å². The van der Waals surface area contributed by atoms with Gasteiger partial charge < -0.3 is 19.1 Å². The number of nitrogens with zero attached hydrogens (tertiary/aromatic N) is 1. The highest BCUT2D eigenvalue weighted by Crippen LogP contribution is 2.21. The van der Waals surface area contributed by atoms with Crippen LogP contribution in [0, 0.1) is 5.92 Å². The summed E-state index contributed by atoms with van der Waals surface area (Å²) in [6.45, 7) is 0.359. The number of hydrogen-bond donors (Lipinski definition) is 0. The first kappa shape index (κ1) is 15.0. The van der Waals surface area contributed by atoms with E-state index in [9.17, 15) is 14.4 Å². The third kappa shape index (κ3) is 3.24. The number of hydrogen-bond acceptors (Lipinski definition) is 6. The first-order valence-electron chi connectivity index (χ1n) is 5.73. The van der Waals surface area contributed by atoms with Crippen LogP contribution in [0.1, 0.15) is 6.42 Å². The van der Waals surface area contributed by atoms with Crippen LogP contribution in [0.5, 0.6) is 0 Å². The van der Waals surface area contributed by atoms with Gasteiger partial charge in [0.1, 0.15) is 0 Å². The van der Waals surface area contributed by atoms with Gasteiger partial charge in [-0.2, -0.15) is 0 Å². The van der Waals surface area contributed by atoms with Crippen molar-refractivity contribution in [2.75, 3.05) is 27.9 Å². The molecule has 1 rings (SSSR count). The Hall–Kier alpha value is -2.05. The molecular weight excluding hydrogens is 254 g/mol. The Bertz CT molecular complexity index is 376. The number of methoxy groups -OCH3 is 3. The lowest BCUT2D eigenvalue weighted by atomic mass is 9.95. The predicted molar refractivity (Wildman–Crippen MR) is 64.2 cm³/mol. The smallest absolute Gasteiger partial charge is 0.410 e. The lowest BCUT2D eigenvalue weighted by Crippen LogP contribution is -2.50. The molecule has 0 aliphatic carbocycles. The number of carbonyl (C=O) groups is 3. The van der Waals surface area contributed by atoms with Crippen molar-refractivity contribution in [1.29, 1.82) is 0 Å². The van der Waals surface area contributed by atoms with Gasteiger partial charge in [0, 0.05) is 6.54 Å². The molecule has 0 N–H and O–H groups in total. The number of rotatable bonds is 3. The Morgan fingerprint density at radius 1 is 1.11 bits per heavy atom. The van der Waals surface area contributed by atoms with E-state index in [1.807, 2.05) is 0 Å². The summed E-state index contributed by atoms with van der Waals surface area (Å²) in [5.74, 6) is -2.72. The Morgan fingerprint density at radius 2 is 1.68 bits per heavy atom. The van der Waals surface area contributed by atoms with Crippen molar-refractivity contribution in [1.82, 2.24) is 4.90 Å². The summed E-state index contributed by atoms with van der Waals surface area (Å²) < 4.78 is 13.8. The Labute approximate surface area is 111 Å². The fourth-order valence-corrected chi connectivity index (χ4v) is 1.95. The van der Waals surface area contributed by atoms with E-state index in [2.05, 4.69) is 14.2 Å². The molecule has 1 heterocycles. The van der Waals surface area contributed by atoms with Crippen LogP contribution in [0.25, 0.3) is 0 Å². The van der Waals surface area contributed by atoms with Gasteiger partial charge in [-0.25, -0.2) is 4.79 Å². The molecule has 0 aromatic heterocycles. The summed E-state index contributed by atoms with van der Waals surface area (Å²) in [7, 11) is 3.59. The van der Waals surface area contributed by atoms with E-state index in [-0.39, 0.29) is 0 Å². The van der Waals surface area contributed by atoms with E-state index in [1.165, 1.54) is 26.2 Å². The fraction of sp³-hybridized carbons (Fsp3) is 0.583. The van der Waals surface area contributed by atoms with Crippen molar-refractivity contribution >= 4 is 18.0 Å². The summed E-state index contributed by atoms with van der Waals surface area (Å²) >= 11 is 0. The zero-order chi connectivity index (χ0) is 14.4. The second kappa shape index (κ2) is 6.77. The molecule has 7 nitrogen and oxygen atoms in total. The molecule has 7 heteroatoms. The molecule has 106 valence electrons. The Balaban J connectivity index is 3.06. The predicted octanol–water partition coefficient (Wildman–Crippen LogP) is 0.345. The van der Waals surface area contributed by atoms with Gasteiger partial charge in [0.2, 0.25) is 0 Å². The Kier molecular flexibility index (Phi) is 5.35. The van der Waals surface area contributed by atoms with Crippen LogP contribution in [-0.2, 0) is 23.8 Å². The zero-order valence-corrected chi connectivity index (χ0v) is 11.1. The van der Waals surface area contributed by atoms with Crippen molar-refractivity contribution in [3.05, 3.63) is 12.2 Å². The molecule has 1 unspecified atom stereocenters. The molecule has 0 aromatic rings. The molecule has 0 radical (unpaired) electrons. The molecule has 19 heavy (non-hydrogen) atoms. The van der Waals surface area contributed by atoms with Gasteiger partial charge in [-0.15, -0.1) is 0 Å². The number of esters is 2. The van der Waals surface area contributed by atoms with Crippen molar-refractivity contribution in [3.8, 4) is 0 Å². The lowest BCUT2D eigenvalue weighted by molar-refractivity contribution is -0.161. The van der Waals surface area contributed by atoms with Gasteiger partial charge in [-0.1, -0.05) is 12.2 Å². The lowest BCUT2D eigenvalue weighted by Gasteiger charge is -2.33. The summed E-state index contributed by atoms with van der Waals surface area (Å²) in [5.41, 5.74) is 0. The van der Waals surface area contributed by atoms with Gasteiger partial charge in [-0.05, 0) is 6.42 Å². The van der Waals surface area contributed by atoms with E-state index in [1.54, 1.807) is 12.2 Å². The highest BCUT2D eigenvalue weighted by atomic mass is 16.6. The molecule has 0 aromatic carbocycles. The minimum Gasteiger partial charge on any atom is -0.468 e. The van der Waals surface area contributed by atoms with Gasteiger partial charge in [0.15, 0.2) is 5.92 Å². The molecule has 0 saturated heterocycles. The molecule has 1 atom stereocenters. The van der Waals surface area contributed by atoms with Crippen LogP contribution in [0.3, 0.4) is 0 Å². The SMILES string of the molecule is COC(=O)C(C(=O)OC)C1C=CCCN1C(=O)OC. The average molecular weight is 271 g/mol. The minimum atomic E-state index is -1.22. The number of carbonyl (C=O) groups excluding carboxylic acids is 3. The maximum absolute atomic E-state index is 11.7. The molecule has 0 fully saturated rings. The maximum Gasteiger partial charge on any atom is 0.410 e. The molecule has 1 aliphatic rings. The summed E-state index contributed by atoms with van der Waals surface area (Å²) in [6, 6.07) is -0.763. The standard InChI is InChI=1S/C12H17NO6/c1-17-10(14)9(11(15)18-2)8-6-4-5-7-13(8)12(16)19-3/h4,6,8-9H,5,7H2,1-3H3. The van der Waals surface area contributed by atoms with E-state index in [0.29, 0.717) is 13.0 Å². The van der Waals surface area contributed by atoms with Crippen LogP contribution >= 0.6 is 0 Å². The molecule has 0 bridgehead atoms. The van der Waals surface area contributed by atoms with Gasteiger partial charge >= 0.3 is 18.0 Å². The van der Waals surface area contributed by atoms with Gasteiger partial charge in [-0.3, -0.25) is 9.59 Å². The third-order valence-electron chi connectivity index (χ3n) is 2.89. The fourth-order valence-electron chi connectivity index (χ4n) is 1.95. The first-order valence-corrected chi connectivity index (χ1v) is 5.73. The topological polar surface area (TPSA) is 82.1 Å². The van der Waals surface area contributed by atoms with Crippen LogP contribution in [0.4, 0.5) is 4.79 Å².